The van der Waals surface area contributed by atoms with Gasteiger partial charge in [0.05, 0.1) is 11.4 Å². The molecule has 0 spiro atoms. The molecule has 1 atom stereocenters. The van der Waals surface area contributed by atoms with Crippen molar-refractivity contribution in [3.05, 3.63) is 83.2 Å². The highest BCUT2D eigenvalue weighted by Crippen LogP contribution is 2.37. The van der Waals surface area contributed by atoms with E-state index in [1.54, 1.807) is 0 Å². The third-order valence-electron chi connectivity index (χ3n) is 5.95. The summed E-state index contributed by atoms with van der Waals surface area (Å²) in [7, 11) is 0. The van der Waals surface area contributed by atoms with Crippen molar-refractivity contribution >= 4 is 17.3 Å². The molecule has 0 aliphatic carbocycles. The lowest BCUT2D eigenvalue weighted by Gasteiger charge is -2.14. The molecule has 162 valence electrons. The fraction of sp³-hybridized carbons (Fsp3) is 0.231. The number of benzene rings is 2. The van der Waals surface area contributed by atoms with Gasteiger partial charge in [-0.05, 0) is 49.2 Å². The van der Waals surface area contributed by atoms with Gasteiger partial charge in [0.15, 0.2) is 6.10 Å². The molecule has 0 radical (unpaired) electrons. The van der Waals surface area contributed by atoms with Crippen molar-refractivity contribution in [1.29, 1.82) is 0 Å². The Balaban J connectivity index is 1.39. The molecule has 1 aliphatic heterocycles. The van der Waals surface area contributed by atoms with Crippen molar-refractivity contribution in [2.75, 3.05) is 11.9 Å². The minimum Gasteiger partial charge on any atom is -0.489 e. The summed E-state index contributed by atoms with van der Waals surface area (Å²) in [4.78, 5) is 16.0. The van der Waals surface area contributed by atoms with Crippen LogP contribution in [-0.4, -0.2) is 22.0 Å². The van der Waals surface area contributed by atoms with Crippen LogP contribution in [0.5, 0.6) is 5.75 Å². The van der Waals surface area contributed by atoms with Crippen LogP contribution in [0.1, 0.15) is 35.4 Å². The average molecular weight is 428 g/mol. The lowest BCUT2D eigenvalue weighted by Crippen LogP contribution is -2.09. The molecular formula is C26H25N3O3. The van der Waals surface area contributed by atoms with Gasteiger partial charge in [0.1, 0.15) is 18.0 Å². The third-order valence-corrected chi connectivity index (χ3v) is 5.95. The Morgan fingerprint density at radius 2 is 2.06 bits per heavy atom. The lowest BCUT2D eigenvalue weighted by atomic mass is 9.99. The van der Waals surface area contributed by atoms with Crippen LogP contribution >= 0.6 is 0 Å². The topological polar surface area (TPSA) is 64.9 Å². The fourth-order valence-corrected chi connectivity index (χ4v) is 4.36. The molecule has 0 unspecified atom stereocenters. The summed E-state index contributed by atoms with van der Waals surface area (Å²) in [6, 6.07) is 18.4. The van der Waals surface area contributed by atoms with E-state index in [1.165, 1.54) is 23.6 Å². The first-order valence-electron chi connectivity index (χ1n) is 10.7. The van der Waals surface area contributed by atoms with E-state index < -0.39 is 0 Å². The number of carbonyl (C=O) groups is 1. The number of esters is 1. The van der Waals surface area contributed by atoms with E-state index in [2.05, 4.69) is 48.0 Å². The van der Waals surface area contributed by atoms with Crippen LogP contribution in [0, 0.1) is 13.8 Å². The summed E-state index contributed by atoms with van der Waals surface area (Å²) in [6.07, 6.45) is 1.73. The molecule has 2 aromatic heterocycles. The van der Waals surface area contributed by atoms with Gasteiger partial charge < -0.3 is 14.8 Å². The van der Waals surface area contributed by atoms with Gasteiger partial charge in [-0.3, -0.25) is 9.20 Å². The summed E-state index contributed by atoms with van der Waals surface area (Å²) in [5.74, 6) is 0.457. The molecule has 3 heterocycles. The number of aromatic nitrogens is 2. The lowest BCUT2D eigenvalue weighted by molar-refractivity contribution is -0.147. The molecule has 5 rings (SSSR count). The molecule has 1 aliphatic rings. The number of hydrogen-bond acceptors (Lipinski definition) is 5. The number of rotatable bonds is 5. The van der Waals surface area contributed by atoms with Gasteiger partial charge in [-0.2, -0.15) is 0 Å². The van der Waals surface area contributed by atoms with Crippen molar-refractivity contribution in [3.63, 3.8) is 0 Å². The molecule has 0 saturated carbocycles. The Morgan fingerprint density at radius 3 is 2.91 bits per heavy atom. The van der Waals surface area contributed by atoms with Gasteiger partial charge in [0, 0.05) is 42.5 Å². The molecule has 0 fully saturated rings. The van der Waals surface area contributed by atoms with Crippen molar-refractivity contribution < 1.29 is 14.3 Å². The number of fused-ring (bicyclic) bond motifs is 2. The Morgan fingerprint density at radius 1 is 1.19 bits per heavy atom. The van der Waals surface area contributed by atoms with Crippen LogP contribution in [0.25, 0.3) is 16.9 Å². The van der Waals surface area contributed by atoms with Gasteiger partial charge in [0.25, 0.3) is 0 Å². The van der Waals surface area contributed by atoms with E-state index in [1.807, 2.05) is 36.4 Å². The molecule has 0 bridgehead atoms. The predicted molar refractivity (Wildman–Crippen MR) is 124 cm³/mol. The monoisotopic (exact) mass is 427 g/mol. The number of nitrogens with one attached hydrogen (secondary N) is 1. The zero-order chi connectivity index (χ0) is 22.2. The Kier molecular flexibility index (Phi) is 5.05. The molecule has 0 saturated heterocycles. The average Bonchev–Trinajstić information content (AvgIpc) is 3.32. The highest BCUT2D eigenvalue weighted by molar-refractivity contribution is 5.71. The minimum atomic E-state index is -0.329. The maximum absolute atomic E-state index is 11.3. The van der Waals surface area contributed by atoms with Gasteiger partial charge in [-0.15, -0.1) is 0 Å². The van der Waals surface area contributed by atoms with E-state index in [-0.39, 0.29) is 12.1 Å². The maximum Gasteiger partial charge on any atom is 0.303 e. The van der Waals surface area contributed by atoms with Crippen LogP contribution in [0.3, 0.4) is 0 Å². The first-order valence-corrected chi connectivity index (χ1v) is 10.7. The second kappa shape index (κ2) is 8.04. The van der Waals surface area contributed by atoms with Crippen LogP contribution in [0.15, 0.2) is 60.8 Å². The summed E-state index contributed by atoms with van der Waals surface area (Å²) < 4.78 is 13.2. The minimum absolute atomic E-state index is 0.301. The third kappa shape index (κ3) is 3.58. The summed E-state index contributed by atoms with van der Waals surface area (Å²) in [6.45, 7) is 6.67. The van der Waals surface area contributed by atoms with Crippen molar-refractivity contribution in [2.45, 2.75) is 33.4 Å². The Labute approximate surface area is 186 Å². The second-order valence-corrected chi connectivity index (χ2v) is 8.08. The summed E-state index contributed by atoms with van der Waals surface area (Å²) >= 11 is 0. The van der Waals surface area contributed by atoms with Crippen molar-refractivity contribution in [2.24, 2.45) is 0 Å². The molecular weight excluding hydrogens is 402 g/mol. The number of imidazole rings is 1. The van der Waals surface area contributed by atoms with Crippen LogP contribution in [-0.2, 0) is 16.1 Å². The molecule has 6 nitrogen and oxygen atoms in total. The zero-order valence-corrected chi connectivity index (χ0v) is 18.4. The largest absolute Gasteiger partial charge is 0.489 e. The van der Waals surface area contributed by atoms with Crippen LogP contribution in [0.4, 0.5) is 5.69 Å². The van der Waals surface area contributed by atoms with Crippen molar-refractivity contribution in [3.8, 4) is 17.0 Å². The molecule has 32 heavy (non-hydrogen) atoms. The van der Waals surface area contributed by atoms with Gasteiger partial charge >= 0.3 is 5.97 Å². The Hall–Kier alpha value is -3.80. The number of ether oxygens (including phenoxy) is 2. The molecule has 0 amide bonds. The van der Waals surface area contributed by atoms with Crippen LogP contribution < -0.4 is 10.1 Å². The second-order valence-electron chi connectivity index (χ2n) is 8.08. The first kappa shape index (κ1) is 20.1. The predicted octanol–water partition coefficient (Wildman–Crippen LogP) is 5.23. The van der Waals surface area contributed by atoms with E-state index in [0.717, 1.165) is 34.0 Å². The first-order chi connectivity index (χ1) is 15.5. The number of aryl methyl sites for hydroxylation is 1. The smallest absolute Gasteiger partial charge is 0.303 e. The summed E-state index contributed by atoms with van der Waals surface area (Å²) in [5, 5.41) is 3.50. The highest BCUT2D eigenvalue weighted by Gasteiger charge is 2.26. The van der Waals surface area contributed by atoms with Gasteiger partial charge in [-0.1, -0.05) is 24.3 Å². The van der Waals surface area contributed by atoms with Gasteiger partial charge in [-0.25, -0.2) is 4.98 Å². The van der Waals surface area contributed by atoms with E-state index in [4.69, 9.17) is 14.5 Å². The molecule has 6 heteroatoms. The van der Waals surface area contributed by atoms with E-state index >= 15 is 0 Å². The number of pyridine rings is 1. The number of anilines is 1. The quantitative estimate of drug-likeness (QED) is 0.442. The van der Waals surface area contributed by atoms with E-state index in [9.17, 15) is 4.79 Å². The SMILES string of the molecule is CC(=O)O[C@@H]1COc2cc(NCc3cccc(-c4c(C)nc5ccccn45)c3C)ccc21. The summed E-state index contributed by atoms with van der Waals surface area (Å²) in [5.41, 5.74) is 8.59. The van der Waals surface area contributed by atoms with E-state index in [0.29, 0.717) is 13.2 Å². The normalized spacial score (nSPS) is 14.8. The number of carbonyl (C=O) groups excluding carboxylic acids is 1. The van der Waals surface area contributed by atoms with Crippen LogP contribution in [0.2, 0.25) is 0 Å². The molecule has 4 aromatic rings. The molecule has 2 aromatic carbocycles. The standard InChI is InChI=1S/C26H25N3O3/c1-16-19(7-6-8-21(16)26-17(2)28-25-9-4-5-12-29(25)26)14-27-20-10-11-22-23(13-20)31-15-24(22)32-18(3)30/h4-13,24,27H,14-15H2,1-3H3/t24-/m1/s1. The van der Waals surface area contributed by atoms with Gasteiger partial charge in [0.2, 0.25) is 0 Å². The number of nitrogens with zero attached hydrogens (tertiary/aromatic N) is 2. The van der Waals surface area contributed by atoms with Crippen molar-refractivity contribution in [1.82, 2.24) is 9.38 Å². The zero-order valence-electron chi connectivity index (χ0n) is 18.4. The molecule has 1 N–H and O–H groups in total. The highest BCUT2D eigenvalue weighted by atomic mass is 16.6. The Bertz CT molecular complexity index is 1330. The fourth-order valence-electron chi connectivity index (χ4n) is 4.36. The maximum atomic E-state index is 11.3. The number of hydrogen-bond donors (Lipinski definition) is 1.